The fourth-order valence-corrected chi connectivity index (χ4v) is 2.81. The molecule has 0 saturated heterocycles. The number of aromatic amines is 1. The molecule has 0 aliphatic heterocycles. The topological polar surface area (TPSA) is 49.9 Å². The lowest BCUT2D eigenvalue weighted by Gasteiger charge is -2.10. The summed E-state index contributed by atoms with van der Waals surface area (Å²) in [5.41, 5.74) is 2.06. The second-order valence-corrected chi connectivity index (χ2v) is 5.25. The second kappa shape index (κ2) is 5.61. The summed E-state index contributed by atoms with van der Waals surface area (Å²) in [5, 5.41) is 3.61. The van der Waals surface area contributed by atoms with E-state index in [4.69, 9.17) is 4.74 Å². The average Bonchev–Trinajstić information content (AvgIpc) is 3.06. The number of fused-ring (bicyclic) bond motifs is 1. The maximum absolute atomic E-state index is 5.22. The number of rotatable bonds is 5. The van der Waals surface area contributed by atoms with Gasteiger partial charge in [-0.1, -0.05) is 12.8 Å². The highest BCUT2D eigenvalue weighted by Gasteiger charge is 2.13. The number of ether oxygens (including phenoxy) is 1. The number of benzene rings is 1. The largest absolute Gasteiger partial charge is 0.497 e. The van der Waals surface area contributed by atoms with E-state index in [1.165, 1.54) is 25.7 Å². The Kier molecular flexibility index (Phi) is 3.69. The molecule has 0 spiro atoms. The molecule has 1 fully saturated rings. The first-order valence-corrected chi connectivity index (χ1v) is 7.11. The summed E-state index contributed by atoms with van der Waals surface area (Å²) in [6.07, 6.45) is 6.37. The minimum absolute atomic E-state index is 0.726. The number of hydrogen-bond acceptors (Lipinski definition) is 3. The Bertz CT molecular complexity index is 543. The van der Waals surface area contributed by atoms with Gasteiger partial charge in [-0.25, -0.2) is 4.98 Å². The normalized spacial score (nSPS) is 16.3. The summed E-state index contributed by atoms with van der Waals surface area (Å²) < 4.78 is 5.22. The molecule has 4 heteroatoms. The predicted octanol–water partition coefficient (Wildman–Crippen LogP) is 2.65. The maximum Gasteiger partial charge on any atom is 0.121 e. The van der Waals surface area contributed by atoms with Gasteiger partial charge in [-0.15, -0.1) is 0 Å². The zero-order chi connectivity index (χ0) is 13.1. The number of aromatic nitrogens is 2. The van der Waals surface area contributed by atoms with E-state index in [0.29, 0.717) is 0 Å². The van der Waals surface area contributed by atoms with Gasteiger partial charge < -0.3 is 15.0 Å². The zero-order valence-electron chi connectivity index (χ0n) is 11.4. The van der Waals surface area contributed by atoms with E-state index < -0.39 is 0 Å². The highest BCUT2D eigenvalue weighted by Crippen LogP contribution is 2.19. The van der Waals surface area contributed by atoms with Crippen molar-refractivity contribution < 1.29 is 4.74 Å². The van der Waals surface area contributed by atoms with Gasteiger partial charge >= 0.3 is 0 Å². The number of H-pyrrole nitrogens is 1. The molecule has 4 nitrogen and oxygen atoms in total. The van der Waals surface area contributed by atoms with Crippen molar-refractivity contribution in [1.82, 2.24) is 15.3 Å². The summed E-state index contributed by atoms with van der Waals surface area (Å²) in [6, 6.07) is 6.67. The Morgan fingerprint density at radius 1 is 1.37 bits per heavy atom. The fraction of sp³-hybridized carbons (Fsp3) is 0.533. The lowest BCUT2D eigenvalue weighted by molar-refractivity contribution is 0.415. The van der Waals surface area contributed by atoms with Crippen molar-refractivity contribution in [1.29, 1.82) is 0 Å². The van der Waals surface area contributed by atoms with Crippen molar-refractivity contribution in [3.05, 3.63) is 24.0 Å². The van der Waals surface area contributed by atoms with Crippen LogP contribution in [0.3, 0.4) is 0 Å². The Balaban J connectivity index is 1.61. The van der Waals surface area contributed by atoms with Crippen LogP contribution in [-0.2, 0) is 6.42 Å². The molecule has 2 aromatic rings. The van der Waals surface area contributed by atoms with E-state index in [9.17, 15) is 0 Å². The van der Waals surface area contributed by atoms with Crippen LogP contribution in [0.1, 0.15) is 31.5 Å². The SMILES string of the molecule is COc1ccc2nc(CCNC3CCCC3)[nH]c2c1. The summed E-state index contributed by atoms with van der Waals surface area (Å²) in [5.74, 6) is 1.92. The van der Waals surface area contributed by atoms with E-state index in [1.807, 2.05) is 18.2 Å². The van der Waals surface area contributed by atoms with Crippen LogP contribution in [0.5, 0.6) is 5.75 Å². The third-order valence-corrected chi connectivity index (χ3v) is 3.89. The van der Waals surface area contributed by atoms with Crippen molar-refractivity contribution in [2.75, 3.05) is 13.7 Å². The first kappa shape index (κ1) is 12.5. The molecule has 1 saturated carbocycles. The van der Waals surface area contributed by atoms with Crippen LogP contribution >= 0.6 is 0 Å². The van der Waals surface area contributed by atoms with Gasteiger partial charge in [-0.05, 0) is 25.0 Å². The Morgan fingerprint density at radius 2 is 2.21 bits per heavy atom. The summed E-state index contributed by atoms with van der Waals surface area (Å²) in [6.45, 7) is 1.00. The number of imidazole rings is 1. The van der Waals surface area contributed by atoms with Crippen LogP contribution in [0, 0.1) is 0 Å². The number of hydrogen-bond donors (Lipinski definition) is 2. The van der Waals surface area contributed by atoms with Crippen molar-refractivity contribution in [2.24, 2.45) is 0 Å². The van der Waals surface area contributed by atoms with Crippen LogP contribution in [0.15, 0.2) is 18.2 Å². The molecule has 1 heterocycles. The molecule has 0 amide bonds. The minimum atomic E-state index is 0.726. The highest BCUT2D eigenvalue weighted by atomic mass is 16.5. The minimum Gasteiger partial charge on any atom is -0.497 e. The summed E-state index contributed by atoms with van der Waals surface area (Å²) >= 11 is 0. The van der Waals surface area contributed by atoms with Crippen molar-refractivity contribution in [3.63, 3.8) is 0 Å². The third kappa shape index (κ3) is 2.89. The summed E-state index contributed by atoms with van der Waals surface area (Å²) in [4.78, 5) is 7.97. The molecular formula is C15H21N3O. The van der Waals surface area contributed by atoms with E-state index in [1.54, 1.807) is 7.11 Å². The molecule has 1 aliphatic carbocycles. The van der Waals surface area contributed by atoms with Crippen molar-refractivity contribution >= 4 is 11.0 Å². The number of methoxy groups -OCH3 is 1. The first-order valence-electron chi connectivity index (χ1n) is 7.11. The standard InChI is InChI=1S/C15H21N3O/c1-19-12-6-7-13-14(10-12)18-15(17-13)8-9-16-11-4-2-3-5-11/h6-7,10-11,16H,2-5,8-9H2,1H3,(H,17,18). The molecule has 1 aliphatic rings. The monoisotopic (exact) mass is 259 g/mol. The molecule has 0 radical (unpaired) electrons. The highest BCUT2D eigenvalue weighted by molar-refractivity contribution is 5.76. The van der Waals surface area contributed by atoms with Crippen LogP contribution < -0.4 is 10.1 Å². The first-order chi connectivity index (χ1) is 9.35. The van der Waals surface area contributed by atoms with E-state index in [2.05, 4.69) is 15.3 Å². The molecule has 0 atom stereocenters. The maximum atomic E-state index is 5.22. The molecule has 0 unspecified atom stereocenters. The van der Waals surface area contributed by atoms with Gasteiger partial charge in [0.05, 0.1) is 18.1 Å². The van der Waals surface area contributed by atoms with Crippen molar-refractivity contribution in [3.8, 4) is 5.75 Å². The predicted molar refractivity (Wildman–Crippen MR) is 76.6 cm³/mol. The Morgan fingerprint density at radius 3 is 3.00 bits per heavy atom. The van der Waals surface area contributed by atoms with Gasteiger partial charge in [-0.3, -0.25) is 0 Å². The van der Waals surface area contributed by atoms with Crippen molar-refractivity contribution in [2.45, 2.75) is 38.1 Å². The molecule has 1 aromatic carbocycles. The molecule has 102 valence electrons. The zero-order valence-corrected chi connectivity index (χ0v) is 11.4. The smallest absolute Gasteiger partial charge is 0.121 e. The lowest BCUT2D eigenvalue weighted by Crippen LogP contribution is -2.28. The Labute approximate surface area is 113 Å². The van der Waals surface area contributed by atoms with Crippen LogP contribution in [0.4, 0.5) is 0 Å². The van der Waals surface area contributed by atoms with Gasteiger partial charge in [0.1, 0.15) is 11.6 Å². The molecule has 19 heavy (non-hydrogen) atoms. The van der Waals surface area contributed by atoms with Crippen LogP contribution in [0.2, 0.25) is 0 Å². The molecule has 0 bridgehead atoms. The molecule has 2 N–H and O–H groups in total. The average molecular weight is 259 g/mol. The van der Waals surface area contributed by atoms with Gasteiger partial charge in [-0.2, -0.15) is 0 Å². The van der Waals surface area contributed by atoms with E-state index in [0.717, 1.165) is 41.6 Å². The summed E-state index contributed by atoms with van der Waals surface area (Å²) in [7, 11) is 1.68. The molecule has 3 rings (SSSR count). The van der Waals surface area contributed by atoms with Gasteiger partial charge in [0.2, 0.25) is 0 Å². The molecular weight excluding hydrogens is 238 g/mol. The number of nitrogens with zero attached hydrogens (tertiary/aromatic N) is 1. The van der Waals surface area contributed by atoms with E-state index >= 15 is 0 Å². The van der Waals surface area contributed by atoms with Gasteiger partial charge in [0, 0.05) is 25.1 Å². The Hall–Kier alpha value is -1.55. The van der Waals surface area contributed by atoms with E-state index in [-0.39, 0.29) is 0 Å². The molecule has 1 aromatic heterocycles. The lowest BCUT2D eigenvalue weighted by atomic mass is 10.2. The second-order valence-electron chi connectivity index (χ2n) is 5.25. The number of nitrogens with one attached hydrogen (secondary N) is 2. The fourth-order valence-electron chi connectivity index (χ4n) is 2.81. The van der Waals surface area contributed by atoms with Crippen LogP contribution in [-0.4, -0.2) is 29.7 Å². The van der Waals surface area contributed by atoms with Gasteiger partial charge in [0.25, 0.3) is 0 Å². The quantitative estimate of drug-likeness (QED) is 0.868. The van der Waals surface area contributed by atoms with Crippen LogP contribution in [0.25, 0.3) is 11.0 Å². The van der Waals surface area contributed by atoms with Gasteiger partial charge in [0.15, 0.2) is 0 Å². The third-order valence-electron chi connectivity index (χ3n) is 3.89.